The highest BCUT2D eigenvalue weighted by molar-refractivity contribution is 5.95. The van der Waals surface area contributed by atoms with Crippen LogP contribution >= 0.6 is 0 Å². The first-order chi connectivity index (χ1) is 14.2. The Morgan fingerprint density at radius 2 is 1.90 bits per heavy atom. The smallest absolute Gasteiger partial charge is 0.253 e. The molecule has 7 nitrogen and oxygen atoms in total. The van der Waals surface area contributed by atoms with Gasteiger partial charge in [0.2, 0.25) is 5.91 Å². The van der Waals surface area contributed by atoms with Crippen LogP contribution in [-0.4, -0.2) is 40.0 Å². The Morgan fingerprint density at radius 1 is 1.14 bits per heavy atom. The van der Waals surface area contributed by atoms with E-state index >= 15 is 0 Å². The van der Waals surface area contributed by atoms with Gasteiger partial charge in [-0.15, -0.1) is 0 Å². The maximum atomic E-state index is 12.9. The van der Waals surface area contributed by atoms with Crippen molar-refractivity contribution >= 4 is 17.5 Å². The molecule has 1 aromatic carbocycles. The predicted molar refractivity (Wildman–Crippen MR) is 108 cm³/mol. The van der Waals surface area contributed by atoms with E-state index in [1.807, 2.05) is 4.90 Å². The van der Waals surface area contributed by atoms with Crippen LogP contribution in [0.2, 0.25) is 0 Å². The number of aromatic amines is 1. The Kier molecular flexibility index (Phi) is 5.61. The van der Waals surface area contributed by atoms with Gasteiger partial charge in [0.25, 0.3) is 5.91 Å². The van der Waals surface area contributed by atoms with Gasteiger partial charge in [-0.3, -0.25) is 14.7 Å². The van der Waals surface area contributed by atoms with E-state index < -0.39 is 0 Å². The third kappa shape index (κ3) is 4.16. The van der Waals surface area contributed by atoms with Gasteiger partial charge in [0, 0.05) is 30.5 Å². The lowest BCUT2D eigenvalue weighted by Gasteiger charge is -2.32. The molecule has 1 saturated carbocycles. The third-order valence-corrected chi connectivity index (χ3v) is 6.03. The second-order valence-electron chi connectivity index (χ2n) is 7.95. The zero-order valence-electron chi connectivity index (χ0n) is 16.4. The summed E-state index contributed by atoms with van der Waals surface area (Å²) in [6.07, 6.45) is 7.64. The summed E-state index contributed by atoms with van der Waals surface area (Å²) in [6.45, 7) is 1.28. The van der Waals surface area contributed by atoms with Crippen molar-refractivity contribution in [2.45, 2.75) is 44.4 Å². The summed E-state index contributed by atoms with van der Waals surface area (Å²) in [6, 6.07) is 8.81. The molecule has 2 amide bonds. The Hall–Kier alpha value is -3.14. The monoisotopic (exact) mass is 391 g/mol. The van der Waals surface area contributed by atoms with E-state index in [1.54, 1.807) is 30.5 Å². The first kappa shape index (κ1) is 19.2. The number of carbonyl (C=O) groups excluding carboxylic acids is 2. The Morgan fingerprint density at radius 3 is 2.62 bits per heavy atom. The lowest BCUT2D eigenvalue weighted by molar-refractivity contribution is -0.119. The molecule has 150 valence electrons. The van der Waals surface area contributed by atoms with Gasteiger partial charge in [-0.25, -0.2) is 0 Å². The van der Waals surface area contributed by atoms with Crippen LogP contribution in [0.4, 0.5) is 5.69 Å². The molecule has 0 bridgehead atoms. The number of carbonyl (C=O) groups is 2. The number of nitriles is 1. The number of rotatable bonds is 4. The minimum absolute atomic E-state index is 0.0322. The van der Waals surface area contributed by atoms with E-state index in [2.05, 4.69) is 21.6 Å². The number of hydrogen-bond donors (Lipinski definition) is 2. The summed E-state index contributed by atoms with van der Waals surface area (Å²) >= 11 is 0. The molecule has 0 spiro atoms. The normalized spacial score (nSPS) is 19.7. The quantitative estimate of drug-likeness (QED) is 0.833. The number of H-pyrrole nitrogens is 1. The molecule has 4 rings (SSSR count). The molecular weight excluding hydrogens is 366 g/mol. The average molecular weight is 391 g/mol. The Bertz CT molecular complexity index is 921. The predicted octanol–water partition coefficient (Wildman–Crippen LogP) is 3.43. The topological polar surface area (TPSA) is 102 Å². The summed E-state index contributed by atoms with van der Waals surface area (Å²) in [5, 5.41) is 19.2. The van der Waals surface area contributed by atoms with Gasteiger partial charge < -0.3 is 10.2 Å². The zero-order valence-corrected chi connectivity index (χ0v) is 16.4. The minimum Gasteiger partial charge on any atom is -0.338 e. The number of piperidine rings is 1. The molecule has 7 heteroatoms. The average Bonchev–Trinajstić information content (AvgIpc) is 3.46. The Labute approximate surface area is 170 Å². The second kappa shape index (κ2) is 8.48. The van der Waals surface area contributed by atoms with Gasteiger partial charge >= 0.3 is 0 Å². The van der Waals surface area contributed by atoms with Gasteiger partial charge in [0.05, 0.1) is 29.2 Å². The minimum atomic E-state index is -0.0322. The molecule has 2 heterocycles. The van der Waals surface area contributed by atoms with E-state index in [4.69, 9.17) is 5.26 Å². The summed E-state index contributed by atoms with van der Waals surface area (Å²) in [5.41, 5.74) is 2.76. The number of nitrogens with one attached hydrogen (secondary N) is 2. The Balaban J connectivity index is 1.44. The van der Waals surface area contributed by atoms with Crippen molar-refractivity contribution in [2.24, 2.45) is 5.92 Å². The number of aromatic nitrogens is 2. The van der Waals surface area contributed by atoms with Crippen LogP contribution in [0.25, 0.3) is 0 Å². The van der Waals surface area contributed by atoms with Crippen molar-refractivity contribution in [3.63, 3.8) is 0 Å². The number of hydrogen-bond acceptors (Lipinski definition) is 4. The highest BCUT2D eigenvalue weighted by Gasteiger charge is 2.29. The second-order valence-corrected chi connectivity index (χ2v) is 7.95. The molecule has 2 fully saturated rings. The highest BCUT2D eigenvalue weighted by Crippen LogP contribution is 2.32. The van der Waals surface area contributed by atoms with Gasteiger partial charge in [-0.05, 0) is 49.9 Å². The number of amides is 2. The largest absolute Gasteiger partial charge is 0.338 e. The maximum absolute atomic E-state index is 12.9. The molecule has 2 N–H and O–H groups in total. The number of anilines is 1. The van der Waals surface area contributed by atoms with E-state index in [1.165, 1.54) is 0 Å². The van der Waals surface area contributed by atoms with Crippen molar-refractivity contribution in [3.05, 3.63) is 47.3 Å². The van der Waals surface area contributed by atoms with Gasteiger partial charge in [-0.2, -0.15) is 10.4 Å². The van der Waals surface area contributed by atoms with Crippen molar-refractivity contribution in [3.8, 4) is 6.07 Å². The molecule has 1 atom stereocenters. The lowest BCUT2D eigenvalue weighted by Crippen LogP contribution is -2.39. The molecule has 2 aliphatic rings. The van der Waals surface area contributed by atoms with Gasteiger partial charge in [0.15, 0.2) is 0 Å². The SMILES string of the molecule is N#Cc1ccc(C(=O)N2CCC[C@H](c3[nH]ncc3NC(=O)C3CCCC3)C2)cc1. The van der Waals surface area contributed by atoms with E-state index in [0.717, 1.165) is 49.9 Å². The molecule has 0 radical (unpaired) electrons. The van der Waals surface area contributed by atoms with Crippen LogP contribution in [0, 0.1) is 17.2 Å². The molecular formula is C22H25N5O2. The standard InChI is InChI=1S/C22H25N5O2/c23-12-15-7-9-17(10-8-15)22(29)27-11-3-6-18(14-27)20-19(13-24-26-20)25-21(28)16-4-1-2-5-16/h7-10,13,16,18H,1-6,11,14H2,(H,24,26)(H,25,28)/t18-/m0/s1. The van der Waals surface area contributed by atoms with Crippen LogP contribution < -0.4 is 5.32 Å². The maximum Gasteiger partial charge on any atom is 0.253 e. The lowest BCUT2D eigenvalue weighted by atomic mass is 9.93. The van der Waals surface area contributed by atoms with Crippen LogP contribution in [0.5, 0.6) is 0 Å². The van der Waals surface area contributed by atoms with E-state index in [9.17, 15) is 9.59 Å². The van der Waals surface area contributed by atoms with E-state index in [0.29, 0.717) is 24.2 Å². The fourth-order valence-electron chi connectivity index (χ4n) is 4.40. The summed E-state index contributed by atoms with van der Waals surface area (Å²) in [4.78, 5) is 27.3. The molecule has 2 aromatic rings. The fraction of sp³-hybridized carbons (Fsp3) is 0.455. The third-order valence-electron chi connectivity index (χ3n) is 6.03. The van der Waals surface area contributed by atoms with Crippen molar-refractivity contribution in [1.29, 1.82) is 5.26 Å². The summed E-state index contributed by atoms with van der Waals surface area (Å²) in [7, 11) is 0. The van der Waals surface area contributed by atoms with Crippen molar-refractivity contribution in [1.82, 2.24) is 15.1 Å². The summed E-state index contributed by atoms with van der Waals surface area (Å²) < 4.78 is 0. The fourth-order valence-corrected chi connectivity index (χ4v) is 4.40. The number of benzene rings is 1. The molecule has 0 unspecified atom stereocenters. The van der Waals surface area contributed by atoms with Gasteiger partial charge in [-0.1, -0.05) is 12.8 Å². The first-order valence-corrected chi connectivity index (χ1v) is 10.3. The zero-order chi connectivity index (χ0) is 20.2. The molecule has 29 heavy (non-hydrogen) atoms. The van der Waals surface area contributed by atoms with Crippen LogP contribution in [-0.2, 0) is 4.79 Å². The molecule has 1 aliphatic heterocycles. The van der Waals surface area contributed by atoms with Crippen molar-refractivity contribution < 1.29 is 9.59 Å². The number of likely N-dealkylation sites (tertiary alicyclic amines) is 1. The van der Waals surface area contributed by atoms with Crippen molar-refractivity contribution in [2.75, 3.05) is 18.4 Å². The van der Waals surface area contributed by atoms with Crippen LogP contribution in [0.3, 0.4) is 0 Å². The van der Waals surface area contributed by atoms with Gasteiger partial charge in [0.1, 0.15) is 0 Å². The highest BCUT2D eigenvalue weighted by atomic mass is 16.2. The molecule has 1 aromatic heterocycles. The van der Waals surface area contributed by atoms with E-state index in [-0.39, 0.29) is 23.7 Å². The first-order valence-electron chi connectivity index (χ1n) is 10.3. The summed E-state index contributed by atoms with van der Waals surface area (Å²) in [5.74, 6) is 0.243. The van der Waals surface area contributed by atoms with Crippen LogP contribution in [0.1, 0.15) is 66.1 Å². The number of nitrogens with zero attached hydrogens (tertiary/aromatic N) is 3. The molecule has 1 saturated heterocycles. The molecule has 1 aliphatic carbocycles. The van der Waals surface area contributed by atoms with Crippen LogP contribution in [0.15, 0.2) is 30.5 Å².